The fourth-order valence-corrected chi connectivity index (χ4v) is 0.686. The molecule has 1 aromatic rings. The van der Waals surface area contributed by atoms with E-state index in [0.29, 0.717) is 0 Å². The fraction of sp³-hybridized carbons (Fsp3) is 0. The quantitative estimate of drug-likeness (QED) is 0.477. The van der Waals surface area contributed by atoms with Crippen LogP contribution in [-0.4, -0.2) is 5.03 Å². The molecule has 0 saturated carbocycles. The average Bonchev–Trinajstić information content (AvgIpc) is 2.05. The summed E-state index contributed by atoms with van der Waals surface area (Å²) in [7, 11) is 0. The van der Waals surface area contributed by atoms with Crippen molar-refractivity contribution in [3.05, 3.63) is 45.7 Å². The van der Waals surface area contributed by atoms with E-state index in [2.05, 4.69) is 0 Å². The molecule has 0 aromatic heterocycles. The first-order chi connectivity index (χ1) is 5.22. The minimum atomic E-state index is -1.06. The maximum Gasteiger partial charge on any atom is 0.242 e. The second-order valence-electron chi connectivity index (χ2n) is 1.93. The first kappa shape index (κ1) is 7.64. The van der Waals surface area contributed by atoms with Gasteiger partial charge in [-0.25, -0.2) is 10.1 Å². The molecule has 0 spiro atoms. The Hall–Kier alpha value is -1.46. The van der Waals surface area contributed by atoms with E-state index in [4.69, 9.17) is 0 Å². The summed E-state index contributed by atoms with van der Waals surface area (Å²) in [5.41, 5.74) is 0.109. The molecule has 0 aliphatic heterocycles. The number of rotatable bonds is 2. The van der Waals surface area contributed by atoms with Crippen molar-refractivity contribution in [2.45, 2.75) is 0 Å². The molecule has 0 bridgehead atoms. The van der Waals surface area contributed by atoms with Gasteiger partial charge in [0.2, 0.25) is 5.03 Å². The molecule has 0 saturated heterocycles. The van der Waals surface area contributed by atoms with Crippen molar-refractivity contribution in [2.75, 3.05) is 0 Å². The summed E-state index contributed by atoms with van der Waals surface area (Å²) in [6.45, 7) is 0. The van der Waals surface area contributed by atoms with Crippen LogP contribution in [0.1, 0.15) is 0 Å². The third-order valence-corrected chi connectivity index (χ3v) is 1.19. The van der Waals surface area contributed by atoms with Gasteiger partial charge in [-0.1, -0.05) is 23.4 Å². The van der Waals surface area contributed by atoms with Gasteiger partial charge in [0.15, 0.2) is 5.69 Å². The van der Waals surface area contributed by atoms with E-state index in [9.17, 15) is 15.3 Å². The lowest BCUT2D eigenvalue weighted by atomic mass is 10.3. The molecule has 0 heterocycles. The zero-order chi connectivity index (χ0) is 8.27. The molecular weight excluding hydrogens is 148 g/mol. The summed E-state index contributed by atoms with van der Waals surface area (Å²) in [5, 5.41) is 18.6. The Bertz CT molecular complexity index is 249. The van der Waals surface area contributed by atoms with Crippen molar-refractivity contribution in [1.29, 1.82) is 0 Å². The minimum absolute atomic E-state index is 0.109. The molecule has 0 fully saturated rings. The van der Waals surface area contributed by atoms with Crippen LogP contribution in [-0.2, 0) is 0 Å². The molecule has 11 heavy (non-hydrogen) atoms. The second-order valence-corrected chi connectivity index (χ2v) is 1.93. The molecule has 0 aliphatic carbocycles. The highest BCUT2D eigenvalue weighted by atomic mass is 16.8. The fourth-order valence-electron chi connectivity index (χ4n) is 0.686. The SMILES string of the molecule is O=[N+]([O-])[NH+]([O-])c1ccccc1. The van der Waals surface area contributed by atoms with Crippen molar-refractivity contribution in [3.8, 4) is 0 Å². The summed E-state index contributed by atoms with van der Waals surface area (Å²) >= 11 is 0. The second kappa shape index (κ2) is 3.09. The lowest BCUT2D eigenvalue weighted by Crippen LogP contribution is -3.05. The van der Waals surface area contributed by atoms with Gasteiger partial charge in [0, 0.05) is 12.1 Å². The van der Waals surface area contributed by atoms with E-state index in [1.165, 1.54) is 12.1 Å². The van der Waals surface area contributed by atoms with Crippen LogP contribution in [0.4, 0.5) is 5.69 Å². The zero-order valence-electron chi connectivity index (χ0n) is 5.56. The van der Waals surface area contributed by atoms with Gasteiger partial charge in [0.25, 0.3) is 0 Å². The topological polar surface area (TPSA) is 70.6 Å². The van der Waals surface area contributed by atoms with E-state index in [-0.39, 0.29) is 5.69 Å². The number of benzene rings is 1. The molecule has 0 aliphatic rings. The van der Waals surface area contributed by atoms with Gasteiger partial charge in [-0.3, -0.25) is 0 Å². The number of hydrogen-bond acceptors (Lipinski definition) is 3. The van der Waals surface area contributed by atoms with E-state index < -0.39 is 10.2 Å². The van der Waals surface area contributed by atoms with Gasteiger partial charge in [-0.15, -0.1) is 0 Å². The van der Waals surface area contributed by atoms with Crippen molar-refractivity contribution < 1.29 is 10.2 Å². The van der Waals surface area contributed by atoms with Crippen molar-refractivity contribution in [3.63, 3.8) is 0 Å². The van der Waals surface area contributed by atoms with Crippen LogP contribution in [0.5, 0.6) is 0 Å². The van der Waals surface area contributed by atoms with E-state index in [1.807, 2.05) is 0 Å². The molecule has 1 N–H and O–H groups in total. The Balaban J connectivity index is 2.85. The van der Waals surface area contributed by atoms with Crippen molar-refractivity contribution in [2.24, 2.45) is 0 Å². The van der Waals surface area contributed by atoms with Crippen LogP contribution in [0.25, 0.3) is 0 Å². The highest BCUT2D eigenvalue weighted by Gasteiger charge is 2.09. The third-order valence-electron chi connectivity index (χ3n) is 1.19. The molecular formula is C6H6N2O3. The van der Waals surface area contributed by atoms with E-state index >= 15 is 0 Å². The molecule has 5 heteroatoms. The molecule has 5 nitrogen and oxygen atoms in total. The first-order valence-corrected chi connectivity index (χ1v) is 2.95. The molecule has 0 radical (unpaired) electrons. The Labute approximate surface area is 62.6 Å². The van der Waals surface area contributed by atoms with E-state index in [1.54, 1.807) is 18.2 Å². The van der Waals surface area contributed by atoms with Crippen LogP contribution >= 0.6 is 0 Å². The van der Waals surface area contributed by atoms with Crippen LogP contribution in [0.15, 0.2) is 30.3 Å². The Morgan fingerprint density at radius 1 is 1.27 bits per heavy atom. The standard InChI is InChI=1S/C6H6N2O3/c9-7(8(10)11)6-4-2-1-3-5-6/h1-5,7H. The molecule has 1 rings (SSSR count). The summed E-state index contributed by atoms with van der Waals surface area (Å²) in [6, 6.07) is 7.67. The van der Waals surface area contributed by atoms with Gasteiger partial charge in [0.1, 0.15) is 0 Å². The highest BCUT2D eigenvalue weighted by molar-refractivity contribution is 5.27. The number of quaternary nitrogens is 1. The third kappa shape index (κ3) is 1.73. The predicted molar refractivity (Wildman–Crippen MR) is 37.4 cm³/mol. The number of nitro groups is 1. The summed E-state index contributed by atoms with van der Waals surface area (Å²) in [6.07, 6.45) is 0. The summed E-state index contributed by atoms with van der Waals surface area (Å²) < 4.78 is 0. The average molecular weight is 154 g/mol. The van der Waals surface area contributed by atoms with Gasteiger partial charge in [-0.2, -0.15) is 0 Å². The summed E-state index contributed by atoms with van der Waals surface area (Å²) in [5.74, 6) is 0. The molecule has 0 amide bonds. The number of hydrogen-bond donors (Lipinski definition) is 1. The highest BCUT2D eigenvalue weighted by Crippen LogP contribution is 1.97. The first-order valence-electron chi connectivity index (χ1n) is 2.95. The molecule has 1 aromatic carbocycles. The van der Waals surface area contributed by atoms with Crippen molar-refractivity contribution in [1.82, 2.24) is 0 Å². The van der Waals surface area contributed by atoms with Crippen LogP contribution in [0.2, 0.25) is 0 Å². The zero-order valence-corrected chi connectivity index (χ0v) is 5.56. The molecule has 58 valence electrons. The molecule has 1 unspecified atom stereocenters. The number of nitrogens with one attached hydrogen (secondary N) is 1. The van der Waals surface area contributed by atoms with Crippen LogP contribution < -0.4 is 5.17 Å². The van der Waals surface area contributed by atoms with Crippen molar-refractivity contribution >= 4 is 5.69 Å². The smallest absolute Gasteiger partial charge is 0.242 e. The monoisotopic (exact) mass is 154 g/mol. The van der Waals surface area contributed by atoms with Gasteiger partial charge >= 0.3 is 0 Å². The van der Waals surface area contributed by atoms with Crippen LogP contribution in [0.3, 0.4) is 0 Å². The largest absolute Gasteiger partial charge is 0.566 e. The lowest BCUT2D eigenvalue weighted by Gasteiger charge is -2.07. The predicted octanol–water partition coefficient (Wildman–Crippen LogP) is -0.108. The maximum absolute atomic E-state index is 10.6. The molecule has 1 atom stereocenters. The number of nitrogens with zero attached hydrogens (tertiary/aromatic N) is 1. The summed E-state index contributed by atoms with van der Waals surface area (Å²) in [4.78, 5) is 9.96. The Morgan fingerprint density at radius 2 is 1.82 bits per heavy atom. The Kier molecular flexibility index (Phi) is 2.15. The normalized spacial score (nSPS) is 12.5. The minimum Gasteiger partial charge on any atom is -0.566 e. The van der Waals surface area contributed by atoms with Crippen LogP contribution in [0, 0.1) is 15.3 Å². The lowest BCUT2D eigenvalue weighted by molar-refractivity contribution is -1.25. The van der Waals surface area contributed by atoms with Gasteiger partial charge < -0.3 is 5.21 Å². The van der Waals surface area contributed by atoms with E-state index in [0.717, 1.165) is 0 Å². The van der Waals surface area contributed by atoms with Gasteiger partial charge in [0.05, 0.1) is 0 Å². The van der Waals surface area contributed by atoms with Gasteiger partial charge in [-0.05, 0) is 0 Å². The maximum atomic E-state index is 10.6. The Morgan fingerprint density at radius 3 is 2.27 bits per heavy atom.